The largest absolute Gasteiger partial charge is 0.230 e. The fraction of sp³-hybridized carbons (Fsp3) is 0.667. The Balaban J connectivity index is 2.59. The van der Waals surface area contributed by atoms with Gasteiger partial charge in [0.25, 0.3) is 0 Å². The van der Waals surface area contributed by atoms with E-state index >= 15 is 0 Å². The van der Waals surface area contributed by atoms with Gasteiger partial charge in [0, 0.05) is 5.56 Å². The van der Waals surface area contributed by atoms with Crippen LogP contribution in [0.3, 0.4) is 0 Å². The molecule has 0 fully saturated rings. The fourth-order valence-electron chi connectivity index (χ4n) is 1.48. The van der Waals surface area contributed by atoms with Crippen molar-refractivity contribution >= 4 is 23.4 Å². The van der Waals surface area contributed by atoms with Crippen LogP contribution in [-0.4, -0.2) is 15.7 Å². The average Bonchev–Trinajstić information content (AvgIpc) is 2.29. The molecule has 1 aromatic rings. The number of unbranched alkanes of at least 4 members (excludes halogenated alkanes) is 2. The second-order valence-electron chi connectivity index (χ2n) is 3.75. The van der Waals surface area contributed by atoms with Gasteiger partial charge in [-0.3, -0.25) is 0 Å². The molecule has 0 amide bonds. The lowest BCUT2D eigenvalue weighted by molar-refractivity contribution is 0.777. The summed E-state index contributed by atoms with van der Waals surface area (Å²) in [6, 6.07) is 0. The molecule has 0 atom stereocenters. The molecule has 0 unspecified atom stereocenters. The molecule has 1 aromatic heterocycles. The van der Waals surface area contributed by atoms with Gasteiger partial charge in [0.1, 0.15) is 16.5 Å². The van der Waals surface area contributed by atoms with Gasteiger partial charge in [-0.1, -0.05) is 44.7 Å². The van der Waals surface area contributed by atoms with Gasteiger partial charge in [-0.25, -0.2) is 9.97 Å². The summed E-state index contributed by atoms with van der Waals surface area (Å²) in [5, 5.41) is 1.69. The predicted octanol–water partition coefficient (Wildman–Crippen LogP) is 4.36. The van der Waals surface area contributed by atoms with Crippen LogP contribution in [0.4, 0.5) is 0 Å². The van der Waals surface area contributed by atoms with Gasteiger partial charge in [-0.15, -0.1) is 11.8 Å². The molecule has 90 valence electrons. The number of rotatable bonds is 7. The Labute approximate surface area is 107 Å². The Kier molecular flexibility index (Phi) is 6.81. The molecule has 0 aliphatic rings. The van der Waals surface area contributed by atoms with Gasteiger partial charge < -0.3 is 0 Å². The summed E-state index contributed by atoms with van der Waals surface area (Å²) in [7, 11) is 0. The number of thioether (sulfide) groups is 1. The van der Waals surface area contributed by atoms with Crippen LogP contribution in [0.15, 0.2) is 11.4 Å². The zero-order chi connectivity index (χ0) is 11.8. The first-order valence-electron chi connectivity index (χ1n) is 5.91. The normalized spacial score (nSPS) is 10.7. The van der Waals surface area contributed by atoms with Crippen molar-refractivity contribution in [1.82, 2.24) is 9.97 Å². The molecule has 4 heteroatoms. The highest BCUT2D eigenvalue weighted by Crippen LogP contribution is 2.26. The topological polar surface area (TPSA) is 25.8 Å². The lowest BCUT2D eigenvalue weighted by Crippen LogP contribution is -1.96. The van der Waals surface area contributed by atoms with E-state index in [1.165, 1.54) is 19.3 Å². The molecule has 0 bridgehead atoms. The smallest absolute Gasteiger partial charge is 0.136 e. The SMILES string of the molecule is CCCCCSc1ncnc(Cl)c1CCC. The minimum Gasteiger partial charge on any atom is -0.230 e. The van der Waals surface area contributed by atoms with Gasteiger partial charge in [-0.2, -0.15) is 0 Å². The molecule has 0 N–H and O–H groups in total. The minimum atomic E-state index is 0.620. The quantitative estimate of drug-likeness (QED) is 0.413. The Bertz CT molecular complexity index is 318. The van der Waals surface area contributed by atoms with Crippen LogP contribution in [0.5, 0.6) is 0 Å². The van der Waals surface area contributed by atoms with Gasteiger partial charge in [0.05, 0.1) is 0 Å². The first-order chi connectivity index (χ1) is 7.79. The van der Waals surface area contributed by atoms with E-state index in [0.29, 0.717) is 5.15 Å². The number of halogens is 1. The molecule has 1 heterocycles. The fourth-order valence-corrected chi connectivity index (χ4v) is 2.80. The van der Waals surface area contributed by atoms with Crippen molar-refractivity contribution in [2.75, 3.05) is 5.75 Å². The highest BCUT2D eigenvalue weighted by Gasteiger charge is 2.08. The van der Waals surface area contributed by atoms with Crippen LogP contribution in [0.25, 0.3) is 0 Å². The van der Waals surface area contributed by atoms with Crippen LogP contribution in [-0.2, 0) is 6.42 Å². The summed E-state index contributed by atoms with van der Waals surface area (Å²) in [5.74, 6) is 1.12. The maximum atomic E-state index is 6.08. The molecule has 0 radical (unpaired) electrons. The van der Waals surface area contributed by atoms with Gasteiger partial charge >= 0.3 is 0 Å². The lowest BCUT2D eigenvalue weighted by Gasteiger charge is -2.07. The third-order valence-electron chi connectivity index (χ3n) is 2.34. The Morgan fingerprint density at radius 2 is 2.00 bits per heavy atom. The summed E-state index contributed by atoms with van der Waals surface area (Å²) in [5.41, 5.74) is 1.12. The van der Waals surface area contributed by atoms with Crippen molar-refractivity contribution in [1.29, 1.82) is 0 Å². The summed E-state index contributed by atoms with van der Waals surface area (Å²) in [4.78, 5) is 8.37. The highest BCUT2D eigenvalue weighted by atomic mass is 35.5. The van der Waals surface area contributed by atoms with Crippen molar-refractivity contribution in [2.45, 2.75) is 51.0 Å². The second-order valence-corrected chi connectivity index (χ2v) is 5.20. The summed E-state index contributed by atoms with van der Waals surface area (Å²) in [6.07, 6.45) is 7.39. The van der Waals surface area contributed by atoms with Crippen LogP contribution < -0.4 is 0 Å². The van der Waals surface area contributed by atoms with Crippen LogP contribution in [0, 0.1) is 0 Å². The molecule has 0 saturated carbocycles. The molecule has 0 aliphatic heterocycles. The van der Waals surface area contributed by atoms with Crippen molar-refractivity contribution in [2.24, 2.45) is 0 Å². The first-order valence-corrected chi connectivity index (χ1v) is 7.28. The maximum Gasteiger partial charge on any atom is 0.136 e. The van der Waals surface area contributed by atoms with Crippen LogP contribution in [0.2, 0.25) is 5.15 Å². The summed E-state index contributed by atoms with van der Waals surface area (Å²) in [6.45, 7) is 4.36. The van der Waals surface area contributed by atoms with E-state index < -0.39 is 0 Å². The zero-order valence-electron chi connectivity index (χ0n) is 10.0. The maximum absolute atomic E-state index is 6.08. The van der Waals surface area contributed by atoms with Gasteiger partial charge in [0.15, 0.2) is 0 Å². The monoisotopic (exact) mass is 258 g/mol. The molecular formula is C12H19ClN2S. The van der Waals surface area contributed by atoms with Crippen molar-refractivity contribution < 1.29 is 0 Å². The summed E-state index contributed by atoms with van der Waals surface area (Å²) >= 11 is 7.89. The number of aromatic nitrogens is 2. The minimum absolute atomic E-state index is 0.620. The molecule has 1 rings (SSSR count). The predicted molar refractivity (Wildman–Crippen MR) is 71.3 cm³/mol. The zero-order valence-corrected chi connectivity index (χ0v) is 11.6. The second kappa shape index (κ2) is 7.91. The molecule has 0 spiro atoms. The van der Waals surface area contributed by atoms with E-state index in [1.54, 1.807) is 18.1 Å². The Morgan fingerprint density at radius 3 is 2.69 bits per heavy atom. The van der Waals surface area contributed by atoms with E-state index in [4.69, 9.17) is 11.6 Å². The highest BCUT2D eigenvalue weighted by molar-refractivity contribution is 7.99. The van der Waals surface area contributed by atoms with E-state index in [2.05, 4.69) is 23.8 Å². The van der Waals surface area contributed by atoms with Crippen LogP contribution in [0.1, 0.15) is 45.1 Å². The Hall–Kier alpha value is -0.280. The van der Waals surface area contributed by atoms with E-state index in [-0.39, 0.29) is 0 Å². The number of hydrogen-bond donors (Lipinski definition) is 0. The summed E-state index contributed by atoms with van der Waals surface area (Å²) < 4.78 is 0. The molecular weight excluding hydrogens is 240 g/mol. The van der Waals surface area contributed by atoms with Crippen LogP contribution >= 0.6 is 23.4 Å². The van der Waals surface area contributed by atoms with Crippen molar-refractivity contribution in [3.05, 3.63) is 17.0 Å². The number of hydrogen-bond acceptors (Lipinski definition) is 3. The molecule has 0 aliphatic carbocycles. The molecule has 16 heavy (non-hydrogen) atoms. The van der Waals surface area contributed by atoms with Gasteiger partial charge in [0.2, 0.25) is 0 Å². The van der Waals surface area contributed by atoms with Crippen molar-refractivity contribution in [3.8, 4) is 0 Å². The Morgan fingerprint density at radius 1 is 1.19 bits per heavy atom. The first kappa shape index (κ1) is 13.8. The lowest BCUT2D eigenvalue weighted by atomic mass is 10.2. The van der Waals surface area contributed by atoms with E-state index in [1.807, 2.05) is 0 Å². The number of nitrogens with zero attached hydrogens (tertiary/aromatic N) is 2. The standard InChI is InChI=1S/C12H19ClN2S/c1-3-5-6-8-16-12-10(7-4-2)11(13)14-9-15-12/h9H,3-8H2,1-2H3. The van der Waals surface area contributed by atoms with E-state index in [9.17, 15) is 0 Å². The average molecular weight is 259 g/mol. The third-order valence-corrected chi connectivity index (χ3v) is 3.78. The molecule has 0 aromatic carbocycles. The van der Waals surface area contributed by atoms with E-state index in [0.717, 1.165) is 29.2 Å². The van der Waals surface area contributed by atoms with Gasteiger partial charge in [-0.05, 0) is 18.6 Å². The third kappa shape index (κ3) is 4.30. The molecule has 2 nitrogen and oxygen atoms in total. The van der Waals surface area contributed by atoms with Crippen molar-refractivity contribution in [3.63, 3.8) is 0 Å². The molecule has 0 saturated heterocycles.